The molecule has 38 heavy (non-hydrogen) atoms. The number of benzene rings is 2. The van der Waals surface area contributed by atoms with E-state index in [1.807, 2.05) is 6.07 Å². The lowest BCUT2D eigenvalue weighted by Gasteiger charge is -2.27. The van der Waals surface area contributed by atoms with Crippen molar-refractivity contribution in [1.82, 2.24) is 14.1 Å². The number of anilines is 1. The maximum absolute atomic E-state index is 13.8. The third-order valence-corrected chi connectivity index (χ3v) is 6.85. The Kier molecular flexibility index (Phi) is 6.86. The summed E-state index contributed by atoms with van der Waals surface area (Å²) < 4.78 is 23.2. The van der Waals surface area contributed by atoms with Crippen LogP contribution in [0.15, 0.2) is 61.1 Å². The molecular weight excluding hydrogens is 509 g/mol. The van der Waals surface area contributed by atoms with Gasteiger partial charge < -0.3 is 19.2 Å². The molecule has 5 rings (SSSR count). The van der Waals surface area contributed by atoms with Crippen LogP contribution in [0.3, 0.4) is 0 Å². The molecule has 1 aliphatic heterocycles. The van der Waals surface area contributed by atoms with Crippen LogP contribution in [-0.4, -0.2) is 32.4 Å². The van der Waals surface area contributed by atoms with Crippen molar-refractivity contribution in [2.45, 2.75) is 19.9 Å². The van der Waals surface area contributed by atoms with Gasteiger partial charge in [0.2, 0.25) is 11.5 Å². The van der Waals surface area contributed by atoms with Gasteiger partial charge in [0, 0.05) is 43.1 Å². The number of pyridine rings is 1. The Bertz CT molecular complexity index is 1630. The van der Waals surface area contributed by atoms with E-state index in [9.17, 15) is 14.0 Å². The average molecular weight is 534 g/mol. The molecule has 4 aromatic rings. The van der Waals surface area contributed by atoms with Crippen LogP contribution in [0.1, 0.15) is 28.4 Å². The molecule has 0 bridgehead atoms. The first-order valence-electron chi connectivity index (χ1n) is 12.0. The number of rotatable bonds is 6. The minimum atomic E-state index is -0.503. The van der Waals surface area contributed by atoms with Crippen LogP contribution in [0.25, 0.3) is 11.1 Å². The Balaban J connectivity index is 1.57. The van der Waals surface area contributed by atoms with Gasteiger partial charge in [-0.25, -0.2) is 9.37 Å². The molecule has 194 valence electrons. The summed E-state index contributed by atoms with van der Waals surface area (Å²) >= 11 is 6.23. The number of Topliss-reactive ketones (excluding diaryl/α,β-unsaturated/α-hetero) is 1. The standard InChI is InChI=1S/C28H25ClFN5O3/c1-16(36)33-25-12-18(5-6-32-25)22-9-17(14-35-8-7-34(2)28(35)31)10-23-26(37)20(15-38-27(22)23)11-19-3-4-21(30)13-24(19)29/h3-10,12-13,20,31H,11,14-15H2,1-2H3,(H,32,33,36)/t20-/m0/s1. The van der Waals surface area contributed by atoms with E-state index in [1.54, 1.807) is 59.0 Å². The zero-order valence-electron chi connectivity index (χ0n) is 20.8. The summed E-state index contributed by atoms with van der Waals surface area (Å²) in [5, 5.41) is 11.3. The summed E-state index contributed by atoms with van der Waals surface area (Å²) in [6, 6.07) is 11.4. The van der Waals surface area contributed by atoms with E-state index >= 15 is 0 Å². The van der Waals surface area contributed by atoms with Crippen molar-refractivity contribution in [3.05, 3.63) is 94.2 Å². The monoisotopic (exact) mass is 533 g/mol. The molecule has 0 aliphatic carbocycles. The molecule has 0 unspecified atom stereocenters. The summed E-state index contributed by atoms with van der Waals surface area (Å²) in [6.07, 6.45) is 5.49. The molecule has 1 atom stereocenters. The number of ketones is 1. The zero-order valence-corrected chi connectivity index (χ0v) is 21.6. The maximum Gasteiger partial charge on any atom is 0.222 e. The van der Waals surface area contributed by atoms with Gasteiger partial charge in [-0.1, -0.05) is 17.7 Å². The number of amides is 1. The lowest BCUT2D eigenvalue weighted by Crippen LogP contribution is -2.30. The van der Waals surface area contributed by atoms with Gasteiger partial charge in [-0.15, -0.1) is 0 Å². The highest BCUT2D eigenvalue weighted by atomic mass is 35.5. The number of aromatic nitrogens is 3. The Hall–Kier alpha value is -4.24. The number of imidazole rings is 1. The number of hydrogen-bond acceptors (Lipinski definition) is 5. The summed E-state index contributed by atoms with van der Waals surface area (Å²) in [4.78, 5) is 29.5. The zero-order chi connectivity index (χ0) is 27.0. The van der Waals surface area contributed by atoms with Crippen molar-refractivity contribution in [3.8, 4) is 16.9 Å². The van der Waals surface area contributed by atoms with Gasteiger partial charge >= 0.3 is 0 Å². The highest BCUT2D eigenvalue weighted by Gasteiger charge is 2.32. The predicted molar refractivity (Wildman–Crippen MR) is 141 cm³/mol. The molecular formula is C28H25ClFN5O3. The third-order valence-electron chi connectivity index (χ3n) is 6.50. The fourth-order valence-electron chi connectivity index (χ4n) is 4.61. The lowest BCUT2D eigenvalue weighted by molar-refractivity contribution is -0.114. The molecule has 1 aliphatic rings. The number of ether oxygens (including phenoxy) is 1. The van der Waals surface area contributed by atoms with Crippen LogP contribution in [0.4, 0.5) is 10.2 Å². The lowest BCUT2D eigenvalue weighted by atomic mass is 9.86. The van der Waals surface area contributed by atoms with Crippen molar-refractivity contribution < 1.29 is 18.7 Å². The molecule has 0 saturated heterocycles. The second kappa shape index (κ2) is 10.3. The number of halogens is 2. The molecule has 0 spiro atoms. The number of carbonyl (C=O) groups excluding carboxylic acids is 2. The highest BCUT2D eigenvalue weighted by molar-refractivity contribution is 6.31. The minimum absolute atomic E-state index is 0.102. The smallest absolute Gasteiger partial charge is 0.222 e. The summed E-state index contributed by atoms with van der Waals surface area (Å²) in [6.45, 7) is 1.91. The second-order valence-electron chi connectivity index (χ2n) is 9.30. The maximum atomic E-state index is 13.8. The van der Waals surface area contributed by atoms with E-state index in [-0.39, 0.29) is 23.3 Å². The number of hydrogen-bond donors (Lipinski definition) is 2. The fourth-order valence-corrected chi connectivity index (χ4v) is 4.86. The van der Waals surface area contributed by atoms with Gasteiger partial charge in [0.25, 0.3) is 0 Å². The van der Waals surface area contributed by atoms with Crippen LogP contribution in [-0.2, 0) is 24.8 Å². The quantitative estimate of drug-likeness (QED) is 0.378. The number of fused-ring (bicyclic) bond motifs is 1. The van der Waals surface area contributed by atoms with E-state index in [1.165, 1.54) is 19.1 Å². The van der Waals surface area contributed by atoms with Gasteiger partial charge in [-0.3, -0.25) is 15.0 Å². The SMILES string of the molecule is CC(=O)Nc1cc(-c2cc(Cn3ccn(C)c3=N)cc3c2OC[C@H](Cc2ccc(F)cc2Cl)C3=O)ccn1. The number of nitrogens with zero attached hydrogens (tertiary/aromatic N) is 3. The number of nitrogens with one attached hydrogen (secondary N) is 2. The Morgan fingerprint density at radius 3 is 2.71 bits per heavy atom. The Labute approximate surface area is 223 Å². The first-order chi connectivity index (χ1) is 18.2. The largest absolute Gasteiger partial charge is 0.491 e. The van der Waals surface area contributed by atoms with Crippen molar-refractivity contribution in [1.29, 1.82) is 5.41 Å². The number of aryl methyl sites for hydroxylation is 1. The summed E-state index contributed by atoms with van der Waals surface area (Å²) in [7, 11) is 1.79. The van der Waals surface area contributed by atoms with Crippen LogP contribution >= 0.6 is 11.6 Å². The van der Waals surface area contributed by atoms with Crippen molar-refractivity contribution >= 4 is 29.1 Å². The summed E-state index contributed by atoms with van der Waals surface area (Å²) in [5.41, 5.74) is 3.61. The van der Waals surface area contributed by atoms with E-state index in [0.717, 1.165) is 11.1 Å². The van der Waals surface area contributed by atoms with E-state index < -0.39 is 11.7 Å². The minimum Gasteiger partial charge on any atom is -0.491 e. The molecule has 0 fully saturated rings. The normalized spacial score (nSPS) is 14.6. The average Bonchev–Trinajstić information content (AvgIpc) is 3.19. The van der Waals surface area contributed by atoms with E-state index in [0.29, 0.717) is 46.8 Å². The predicted octanol–water partition coefficient (Wildman–Crippen LogP) is 4.60. The Morgan fingerprint density at radius 2 is 2.00 bits per heavy atom. The van der Waals surface area contributed by atoms with Gasteiger partial charge in [0.1, 0.15) is 17.4 Å². The molecule has 8 nitrogen and oxygen atoms in total. The molecule has 3 heterocycles. The van der Waals surface area contributed by atoms with E-state index in [4.69, 9.17) is 21.7 Å². The van der Waals surface area contributed by atoms with Crippen LogP contribution in [0.2, 0.25) is 5.02 Å². The van der Waals surface area contributed by atoms with Gasteiger partial charge in [0.05, 0.1) is 24.6 Å². The molecule has 2 aromatic heterocycles. The van der Waals surface area contributed by atoms with Crippen molar-refractivity contribution in [3.63, 3.8) is 0 Å². The van der Waals surface area contributed by atoms with Crippen LogP contribution < -0.4 is 15.7 Å². The van der Waals surface area contributed by atoms with Crippen molar-refractivity contribution in [2.24, 2.45) is 13.0 Å². The molecule has 0 saturated carbocycles. The Morgan fingerprint density at radius 1 is 1.21 bits per heavy atom. The number of carbonyl (C=O) groups is 2. The highest BCUT2D eigenvalue weighted by Crippen LogP contribution is 2.40. The first kappa shape index (κ1) is 25.4. The molecule has 10 heteroatoms. The van der Waals surface area contributed by atoms with Crippen LogP contribution in [0, 0.1) is 17.1 Å². The second-order valence-corrected chi connectivity index (χ2v) is 9.71. The van der Waals surface area contributed by atoms with Gasteiger partial charge in [-0.2, -0.15) is 0 Å². The third kappa shape index (κ3) is 5.10. The molecule has 0 radical (unpaired) electrons. The molecule has 1 amide bonds. The van der Waals surface area contributed by atoms with Crippen molar-refractivity contribution in [2.75, 3.05) is 11.9 Å². The van der Waals surface area contributed by atoms with Gasteiger partial charge in [0.15, 0.2) is 5.78 Å². The molecule has 2 N–H and O–H groups in total. The fraction of sp³-hybridized carbons (Fsp3) is 0.214. The molecule has 2 aromatic carbocycles. The van der Waals surface area contributed by atoms with E-state index in [2.05, 4.69) is 10.3 Å². The summed E-state index contributed by atoms with van der Waals surface area (Å²) in [5.74, 6) is -0.460. The topological polar surface area (TPSA) is 102 Å². The first-order valence-corrected chi connectivity index (χ1v) is 12.4. The van der Waals surface area contributed by atoms with Gasteiger partial charge in [-0.05, 0) is 59.5 Å². The van der Waals surface area contributed by atoms with Crippen LogP contribution in [0.5, 0.6) is 5.75 Å².